The van der Waals surface area contributed by atoms with E-state index in [1.165, 1.54) is 0 Å². The summed E-state index contributed by atoms with van der Waals surface area (Å²) in [4.78, 5) is 11.6. The molecule has 1 fully saturated rings. The number of ketones is 1. The van der Waals surface area contributed by atoms with Gasteiger partial charge < -0.3 is 4.74 Å². The quantitative estimate of drug-likeness (QED) is 0.635. The van der Waals surface area contributed by atoms with E-state index in [1.54, 1.807) is 0 Å². The molecule has 0 saturated carbocycles. The van der Waals surface area contributed by atoms with Crippen LogP contribution in [0, 0.1) is 5.92 Å². The molecule has 1 unspecified atom stereocenters. The Kier molecular flexibility index (Phi) is 5.41. The second kappa shape index (κ2) is 6.35. The fourth-order valence-electron chi connectivity index (χ4n) is 1.77. The molecular formula is C11H20O4S. The van der Waals surface area contributed by atoms with Crippen molar-refractivity contribution in [3.05, 3.63) is 0 Å². The predicted octanol–water partition coefficient (Wildman–Crippen LogP) is 1.20. The van der Waals surface area contributed by atoms with E-state index in [2.05, 4.69) is 0 Å². The van der Waals surface area contributed by atoms with E-state index in [4.69, 9.17) is 4.74 Å². The molecule has 1 saturated heterocycles. The number of sulfone groups is 1. The third-order valence-electron chi connectivity index (χ3n) is 2.81. The third kappa shape index (κ3) is 4.61. The summed E-state index contributed by atoms with van der Waals surface area (Å²) in [5, 5.41) is 0. The lowest BCUT2D eigenvalue weighted by molar-refractivity contribution is -0.120. The van der Waals surface area contributed by atoms with Gasteiger partial charge in [0.25, 0.3) is 0 Å². The fraction of sp³-hybridized carbons (Fsp3) is 0.909. The summed E-state index contributed by atoms with van der Waals surface area (Å²) < 4.78 is 28.3. The molecule has 4 nitrogen and oxygen atoms in total. The second-order valence-electron chi connectivity index (χ2n) is 4.33. The molecule has 0 aromatic heterocycles. The molecule has 1 heterocycles. The SMILES string of the molecule is CCCCCS(=O)(=O)CC(=O)C1CCOC1. The Balaban J connectivity index is 2.36. The van der Waals surface area contributed by atoms with Crippen molar-refractivity contribution in [3.8, 4) is 0 Å². The summed E-state index contributed by atoms with van der Waals surface area (Å²) in [6, 6.07) is 0. The first-order valence-electron chi connectivity index (χ1n) is 5.86. The maximum Gasteiger partial charge on any atom is 0.157 e. The Morgan fingerprint density at radius 2 is 2.12 bits per heavy atom. The lowest BCUT2D eigenvalue weighted by Gasteiger charge is -2.07. The number of hydrogen-bond donors (Lipinski definition) is 0. The van der Waals surface area contributed by atoms with Gasteiger partial charge in [-0.05, 0) is 12.8 Å². The minimum absolute atomic E-state index is 0.139. The van der Waals surface area contributed by atoms with Crippen LogP contribution >= 0.6 is 0 Å². The van der Waals surface area contributed by atoms with E-state index >= 15 is 0 Å². The van der Waals surface area contributed by atoms with Gasteiger partial charge in [-0.3, -0.25) is 4.79 Å². The van der Waals surface area contributed by atoms with Crippen LogP contribution in [0.4, 0.5) is 0 Å². The molecule has 16 heavy (non-hydrogen) atoms. The molecule has 1 rings (SSSR count). The molecule has 94 valence electrons. The van der Waals surface area contributed by atoms with Crippen LogP contribution in [0.25, 0.3) is 0 Å². The van der Waals surface area contributed by atoms with Crippen molar-refractivity contribution in [2.24, 2.45) is 5.92 Å². The molecule has 1 aliphatic heterocycles. The van der Waals surface area contributed by atoms with Gasteiger partial charge in [-0.2, -0.15) is 0 Å². The largest absolute Gasteiger partial charge is 0.381 e. The van der Waals surface area contributed by atoms with Crippen LogP contribution in [0.15, 0.2) is 0 Å². The van der Waals surface area contributed by atoms with E-state index in [0.29, 0.717) is 26.1 Å². The van der Waals surface area contributed by atoms with E-state index in [-0.39, 0.29) is 23.2 Å². The van der Waals surface area contributed by atoms with E-state index in [1.807, 2.05) is 6.92 Å². The minimum Gasteiger partial charge on any atom is -0.381 e. The number of ether oxygens (including phenoxy) is 1. The Morgan fingerprint density at radius 3 is 2.69 bits per heavy atom. The van der Waals surface area contributed by atoms with Crippen molar-refractivity contribution in [1.82, 2.24) is 0 Å². The Morgan fingerprint density at radius 1 is 1.38 bits per heavy atom. The highest BCUT2D eigenvalue weighted by molar-refractivity contribution is 7.92. The minimum atomic E-state index is -3.20. The Labute approximate surface area is 97.3 Å². The van der Waals surface area contributed by atoms with Crippen LogP contribution in [-0.2, 0) is 19.4 Å². The molecule has 0 radical (unpaired) electrons. The predicted molar refractivity (Wildman–Crippen MR) is 62.1 cm³/mol. The highest BCUT2D eigenvalue weighted by atomic mass is 32.2. The van der Waals surface area contributed by atoms with Crippen LogP contribution in [0.5, 0.6) is 0 Å². The van der Waals surface area contributed by atoms with E-state index in [0.717, 1.165) is 12.8 Å². The van der Waals surface area contributed by atoms with Crippen LogP contribution in [-0.4, -0.2) is 38.9 Å². The van der Waals surface area contributed by atoms with Crippen LogP contribution in [0.1, 0.15) is 32.6 Å². The summed E-state index contributed by atoms with van der Waals surface area (Å²) >= 11 is 0. The van der Waals surface area contributed by atoms with Gasteiger partial charge in [0.15, 0.2) is 15.6 Å². The third-order valence-corrected chi connectivity index (χ3v) is 4.44. The number of Topliss-reactive ketones (excluding diaryl/α,β-unsaturated/α-hetero) is 1. The van der Waals surface area contributed by atoms with Gasteiger partial charge in [-0.15, -0.1) is 0 Å². The van der Waals surface area contributed by atoms with Gasteiger partial charge in [0.2, 0.25) is 0 Å². The first-order chi connectivity index (χ1) is 7.55. The van der Waals surface area contributed by atoms with Crippen LogP contribution in [0.2, 0.25) is 0 Å². The van der Waals surface area contributed by atoms with Crippen LogP contribution < -0.4 is 0 Å². The van der Waals surface area contributed by atoms with Crippen molar-refractivity contribution in [2.45, 2.75) is 32.6 Å². The number of unbranched alkanes of at least 4 members (excludes halogenated alkanes) is 2. The molecule has 1 aliphatic rings. The van der Waals surface area contributed by atoms with Crippen molar-refractivity contribution in [3.63, 3.8) is 0 Å². The lowest BCUT2D eigenvalue weighted by Crippen LogP contribution is -2.25. The highest BCUT2D eigenvalue weighted by Crippen LogP contribution is 2.14. The van der Waals surface area contributed by atoms with E-state index < -0.39 is 9.84 Å². The normalized spacial score (nSPS) is 21.2. The zero-order chi connectivity index (χ0) is 12.0. The van der Waals surface area contributed by atoms with Gasteiger partial charge >= 0.3 is 0 Å². The average molecular weight is 248 g/mol. The average Bonchev–Trinajstić information content (AvgIpc) is 2.69. The lowest BCUT2D eigenvalue weighted by atomic mass is 10.1. The molecule has 5 heteroatoms. The van der Waals surface area contributed by atoms with Gasteiger partial charge in [0.05, 0.1) is 12.4 Å². The second-order valence-corrected chi connectivity index (χ2v) is 6.51. The maximum absolute atomic E-state index is 11.6. The molecule has 0 aromatic carbocycles. The van der Waals surface area contributed by atoms with Crippen molar-refractivity contribution >= 4 is 15.6 Å². The molecule has 0 amide bonds. The number of carbonyl (C=O) groups excluding carboxylic acids is 1. The number of hydrogen-bond acceptors (Lipinski definition) is 4. The zero-order valence-electron chi connectivity index (χ0n) is 9.78. The standard InChI is InChI=1S/C11H20O4S/c1-2-3-4-7-16(13,14)9-11(12)10-5-6-15-8-10/h10H,2-9H2,1H3. The first kappa shape index (κ1) is 13.6. The molecule has 0 spiro atoms. The topological polar surface area (TPSA) is 60.4 Å². The Bertz CT molecular complexity index is 315. The fourth-order valence-corrected chi connectivity index (χ4v) is 3.22. The van der Waals surface area contributed by atoms with Crippen molar-refractivity contribution < 1.29 is 17.9 Å². The summed E-state index contributed by atoms with van der Waals surface area (Å²) in [5.41, 5.74) is 0. The molecule has 0 aromatic rings. The summed E-state index contributed by atoms with van der Waals surface area (Å²) in [7, 11) is -3.20. The van der Waals surface area contributed by atoms with Crippen molar-refractivity contribution in [1.29, 1.82) is 0 Å². The van der Waals surface area contributed by atoms with Crippen molar-refractivity contribution in [2.75, 3.05) is 24.7 Å². The van der Waals surface area contributed by atoms with Gasteiger partial charge in [-0.25, -0.2) is 8.42 Å². The van der Waals surface area contributed by atoms with Gasteiger partial charge in [0, 0.05) is 12.5 Å². The number of rotatable bonds is 7. The highest BCUT2D eigenvalue weighted by Gasteiger charge is 2.27. The van der Waals surface area contributed by atoms with Gasteiger partial charge in [0.1, 0.15) is 5.75 Å². The van der Waals surface area contributed by atoms with Crippen LogP contribution in [0.3, 0.4) is 0 Å². The number of carbonyl (C=O) groups is 1. The first-order valence-corrected chi connectivity index (χ1v) is 7.68. The monoisotopic (exact) mass is 248 g/mol. The molecule has 1 atom stereocenters. The summed E-state index contributed by atoms with van der Waals surface area (Å²) in [6.07, 6.45) is 3.22. The zero-order valence-corrected chi connectivity index (χ0v) is 10.6. The molecule has 0 bridgehead atoms. The Hall–Kier alpha value is -0.420. The molecule has 0 N–H and O–H groups in total. The summed E-state index contributed by atoms with van der Waals surface area (Å²) in [6.45, 7) is 2.99. The van der Waals surface area contributed by atoms with Gasteiger partial charge in [-0.1, -0.05) is 19.8 Å². The molecule has 0 aliphatic carbocycles. The summed E-state index contributed by atoms with van der Waals surface area (Å²) in [5.74, 6) is -0.528. The molecular weight excluding hydrogens is 228 g/mol. The van der Waals surface area contributed by atoms with E-state index in [9.17, 15) is 13.2 Å². The smallest absolute Gasteiger partial charge is 0.157 e. The maximum atomic E-state index is 11.6.